The molecule has 0 spiro atoms. The summed E-state index contributed by atoms with van der Waals surface area (Å²) in [4.78, 5) is 25.7. The van der Waals surface area contributed by atoms with E-state index in [9.17, 15) is 14.9 Å². The van der Waals surface area contributed by atoms with Crippen molar-refractivity contribution in [1.82, 2.24) is 14.8 Å². The molecule has 9 heteroatoms. The molecule has 0 fully saturated rings. The molecule has 8 nitrogen and oxygen atoms in total. The highest BCUT2D eigenvalue weighted by molar-refractivity contribution is 6.33. The SMILES string of the molecule is Cc1c(Cl)c([N+](=O)[O-])nn1CC(=O)Nc1ccncc1. The summed E-state index contributed by atoms with van der Waals surface area (Å²) in [7, 11) is 0. The van der Waals surface area contributed by atoms with Gasteiger partial charge in [0, 0.05) is 18.1 Å². The molecule has 0 saturated heterocycles. The Balaban J connectivity index is 2.12. The lowest BCUT2D eigenvalue weighted by Crippen LogP contribution is -2.20. The van der Waals surface area contributed by atoms with E-state index < -0.39 is 10.7 Å². The van der Waals surface area contributed by atoms with Crippen molar-refractivity contribution in [2.75, 3.05) is 5.32 Å². The van der Waals surface area contributed by atoms with Crippen molar-refractivity contribution < 1.29 is 9.72 Å². The van der Waals surface area contributed by atoms with Crippen molar-refractivity contribution in [3.05, 3.63) is 45.4 Å². The fraction of sp³-hybridized carbons (Fsp3) is 0.182. The van der Waals surface area contributed by atoms with Gasteiger partial charge >= 0.3 is 5.82 Å². The third-order valence-corrected chi connectivity index (χ3v) is 2.99. The van der Waals surface area contributed by atoms with Gasteiger partial charge in [-0.3, -0.25) is 9.78 Å². The van der Waals surface area contributed by atoms with Crippen molar-refractivity contribution >= 4 is 29.0 Å². The molecule has 20 heavy (non-hydrogen) atoms. The quantitative estimate of drug-likeness (QED) is 0.684. The van der Waals surface area contributed by atoms with Crippen LogP contribution in [-0.4, -0.2) is 25.6 Å². The normalized spacial score (nSPS) is 10.3. The monoisotopic (exact) mass is 295 g/mol. The van der Waals surface area contributed by atoms with E-state index in [4.69, 9.17) is 11.6 Å². The molecule has 0 bridgehead atoms. The highest BCUT2D eigenvalue weighted by atomic mass is 35.5. The van der Waals surface area contributed by atoms with E-state index in [0.29, 0.717) is 11.4 Å². The molecule has 104 valence electrons. The molecular formula is C11H10ClN5O3. The molecule has 0 aliphatic rings. The Morgan fingerprint density at radius 3 is 2.70 bits per heavy atom. The summed E-state index contributed by atoms with van der Waals surface area (Å²) in [6.45, 7) is 1.39. The van der Waals surface area contributed by atoms with Gasteiger partial charge in [-0.2, -0.15) is 4.68 Å². The highest BCUT2D eigenvalue weighted by Gasteiger charge is 2.24. The molecule has 0 atom stereocenters. The van der Waals surface area contributed by atoms with Crippen LogP contribution in [0.25, 0.3) is 0 Å². The van der Waals surface area contributed by atoms with E-state index in [-0.39, 0.29) is 17.5 Å². The first-order valence-electron chi connectivity index (χ1n) is 5.56. The standard InChI is InChI=1S/C11H10ClN5O3/c1-7-10(12)11(17(19)20)15-16(7)6-9(18)14-8-2-4-13-5-3-8/h2-5H,6H2,1H3,(H,13,14,18). The number of aromatic nitrogens is 3. The Kier molecular flexibility index (Phi) is 3.94. The van der Waals surface area contributed by atoms with E-state index in [2.05, 4.69) is 15.4 Å². The van der Waals surface area contributed by atoms with Gasteiger partial charge in [0.1, 0.15) is 6.54 Å². The van der Waals surface area contributed by atoms with E-state index in [1.54, 1.807) is 19.1 Å². The predicted octanol–water partition coefficient (Wildman–Crippen LogP) is 1.79. The van der Waals surface area contributed by atoms with Crippen LogP contribution in [0, 0.1) is 17.0 Å². The van der Waals surface area contributed by atoms with Crippen molar-refractivity contribution in [1.29, 1.82) is 0 Å². The van der Waals surface area contributed by atoms with E-state index in [1.807, 2.05) is 0 Å². The molecule has 2 aromatic rings. The van der Waals surface area contributed by atoms with Crippen molar-refractivity contribution in [2.45, 2.75) is 13.5 Å². The lowest BCUT2D eigenvalue weighted by Gasteiger charge is -2.03. The summed E-state index contributed by atoms with van der Waals surface area (Å²) in [6, 6.07) is 3.26. The number of anilines is 1. The summed E-state index contributed by atoms with van der Waals surface area (Å²) in [5.74, 6) is -0.825. The number of hydrogen-bond donors (Lipinski definition) is 1. The summed E-state index contributed by atoms with van der Waals surface area (Å²) < 4.78 is 1.19. The molecule has 1 amide bonds. The maximum atomic E-state index is 11.8. The third kappa shape index (κ3) is 2.91. The number of amides is 1. The van der Waals surface area contributed by atoms with Gasteiger partial charge in [0.15, 0.2) is 5.02 Å². The second kappa shape index (κ2) is 5.66. The molecule has 2 aromatic heterocycles. The van der Waals surface area contributed by atoms with Gasteiger partial charge in [0.05, 0.1) is 10.8 Å². The average Bonchev–Trinajstić information content (AvgIpc) is 2.68. The van der Waals surface area contributed by atoms with Crippen LogP contribution in [0.1, 0.15) is 5.69 Å². The zero-order valence-electron chi connectivity index (χ0n) is 10.4. The minimum atomic E-state index is -0.688. The largest absolute Gasteiger partial charge is 0.408 e. The van der Waals surface area contributed by atoms with E-state index in [1.165, 1.54) is 17.1 Å². The van der Waals surface area contributed by atoms with Gasteiger partial charge in [-0.05, 0) is 24.0 Å². The topological polar surface area (TPSA) is 103 Å². The number of hydrogen-bond acceptors (Lipinski definition) is 5. The van der Waals surface area contributed by atoms with Gasteiger partial charge in [-0.15, -0.1) is 0 Å². The number of carbonyl (C=O) groups excluding carboxylic acids is 1. The van der Waals surface area contributed by atoms with Crippen LogP contribution in [0.4, 0.5) is 11.5 Å². The molecule has 0 unspecified atom stereocenters. The predicted molar refractivity (Wildman–Crippen MR) is 71.5 cm³/mol. The smallest absolute Gasteiger partial charge is 0.358 e. The van der Waals surface area contributed by atoms with Crippen LogP contribution in [0.5, 0.6) is 0 Å². The molecule has 1 N–H and O–H groups in total. The lowest BCUT2D eigenvalue weighted by atomic mass is 10.4. The summed E-state index contributed by atoms with van der Waals surface area (Å²) in [5, 5.41) is 17.0. The van der Waals surface area contributed by atoms with Gasteiger partial charge in [-0.1, -0.05) is 11.6 Å². The van der Waals surface area contributed by atoms with Gasteiger partial charge in [0.2, 0.25) is 5.91 Å². The molecular weight excluding hydrogens is 286 g/mol. The minimum Gasteiger partial charge on any atom is -0.358 e. The van der Waals surface area contributed by atoms with Crippen LogP contribution in [0.15, 0.2) is 24.5 Å². The van der Waals surface area contributed by atoms with E-state index in [0.717, 1.165) is 0 Å². The third-order valence-electron chi connectivity index (χ3n) is 2.55. The first-order valence-corrected chi connectivity index (χ1v) is 5.94. The number of carbonyl (C=O) groups is 1. The van der Waals surface area contributed by atoms with Crippen LogP contribution >= 0.6 is 11.6 Å². The fourth-order valence-electron chi connectivity index (χ4n) is 1.55. The van der Waals surface area contributed by atoms with Gasteiger partial charge in [0.25, 0.3) is 0 Å². The van der Waals surface area contributed by atoms with Crippen molar-refractivity contribution in [2.24, 2.45) is 0 Å². The van der Waals surface area contributed by atoms with Gasteiger partial charge in [-0.25, -0.2) is 0 Å². The molecule has 0 aromatic carbocycles. The minimum absolute atomic E-state index is 0.0632. The fourth-order valence-corrected chi connectivity index (χ4v) is 1.76. The lowest BCUT2D eigenvalue weighted by molar-refractivity contribution is -0.389. The van der Waals surface area contributed by atoms with E-state index >= 15 is 0 Å². The Bertz CT molecular complexity index is 656. The van der Waals surface area contributed by atoms with Crippen LogP contribution in [-0.2, 0) is 11.3 Å². The maximum absolute atomic E-state index is 11.8. The van der Waals surface area contributed by atoms with Crippen molar-refractivity contribution in [3.63, 3.8) is 0 Å². The first-order chi connectivity index (χ1) is 9.49. The summed E-state index contributed by atoms with van der Waals surface area (Å²) >= 11 is 5.79. The molecule has 2 heterocycles. The molecule has 0 aliphatic heterocycles. The Morgan fingerprint density at radius 2 is 2.15 bits per heavy atom. The Hall–Kier alpha value is -2.48. The summed E-state index contributed by atoms with van der Waals surface area (Å²) in [5.41, 5.74) is 0.943. The van der Waals surface area contributed by atoms with Crippen LogP contribution in [0.2, 0.25) is 5.02 Å². The Labute approximate surface area is 118 Å². The number of nitro groups is 1. The second-order valence-corrected chi connectivity index (χ2v) is 4.30. The number of nitrogens with one attached hydrogen (secondary N) is 1. The number of halogens is 1. The Morgan fingerprint density at radius 1 is 1.50 bits per heavy atom. The molecule has 2 rings (SSSR count). The highest BCUT2D eigenvalue weighted by Crippen LogP contribution is 2.26. The molecule has 0 radical (unpaired) electrons. The molecule has 0 aliphatic carbocycles. The average molecular weight is 296 g/mol. The van der Waals surface area contributed by atoms with Crippen molar-refractivity contribution in [3.8, 4) is 0 Å². The summed E-state index contributed by atoms with van der Waals surface area (Å²) in [6.07, 6.45) is 3.08. The maximum Gasteiger partial charge on any atom is 0.408 e. The zero-order valence-corrected chi connectivity index (χ0v) is 11.2. The first kappa shape index (κ1) is 13.9. The van der Waals surface area contributed by atoms with Crippen LogP contribution < -0.4 is 5.32 Å². The number of rotatable bonds is 4. The van der Waals surface area contributed by atoms with Crippen LogP contribution in [0.3, 0.4) is 0 Å². The number of pyridine rings is 1. The van der Waals surface area contributed by atoms with Gasteiger partial charge < -0.3 is 15.4 Å². The zero-order chi connectivity index (χ0) is 14.7. The second-order valence-electron chi connectivity index (χ2n) is 3.92. The number of nitrogens with zero attached hydrogens (tertiary/aromatic N) is 4. The molecule has 0 saturated carbocycles.